The van der Waals surface area contributed by atoms with Crippen molar-refractivity contribution in [1.82, 2.24) is 15.2 Å². The second-order valence-corrected chi connectivity index (χ2v) is 7.11. The number of aromatic nitrogens is 1. The minimum atomic E-state index is -0.0598. The lowest BCUT2D eigenvalue weighted by Crippen LogP contribution is -2.50. The first-order valence-electron chi connectivity index (χ1n) is 8.84. The molecule has 128 valence electrons. The molecule has 0 bridgehead atoms. The maximum atomic E-state index is 12.5. The SMILES string of the molecule is Cc1ccc2[nH]c(C(=O)NCC3CN4CCCC4CO3)cc2c1C. The number of aromatic amines is 1. The summed E-state index contributed by atoms with van der Waals surface area (Å²) >= 11 is 0. The summed E-state index contributed by atoms with van der Waals surface area (Å²) < 4.78 is 5.91. The molecule has 2 saturated heterocycles. The fourth-order valence-corrected chi connectivity index (χ4v) is 3.89. The zero-order valence-corrected chi connectivity index (χ0v) is 14.4. The van der Waals surface area contributed by atoms with Gasteiger partial charge in [0.25, 0.3) is 5.91 Å². The van der Waals surface area contributed by atoms with E-state index in [-0.39, 0.29) is 12.0 Å². The molecule has 1 aromatic carbocycles. The first kappa shape index (κ1) is 15.7. The summed E-state index contributed by atoms with van der Waals surface area (Å²) in [7, 11) is 0. The van der Waals surface area contributed by atoms with Crippen LogP contribution in [0.3, 0.4) is 0 Å². The Kier molecular flexibility index (Phi) is 4.06. The topological polar surface area (TPSA) is 57.4 Å². The van der Waals surface area contributed by atoms with Gasteiger partial charge in [0.2, 0.25) is 0 Å². The number of amides is 1. The van der Waals surface area contributed by atoms with Crippen molar-refractivity contribution >= 4 is 16.8 Å². The maximum absolute atomic E-state index is 12.5. The normalized spacial score (nSPS) is 24.2. The molecule has 1 amide bonds. The average Bonchev–Trinajstić information content (AvgIpc) is 3.22. The molecule has 0 spiro atoms. The van der Waals surface area contributed by atoms with E-state index in [0.29, 0.717) is 18.3 Å². The van der Waals surface area contributed by atoms with Gasteiger partial charge in [0.15, 0.2) is 0 Å². The first-order valence-corrected chi connectivity index (χ1v) is 8.84. The van der Waals surface area contributed by atoms with Gasteiger partial charge in [-0.1, -0.05) is 6.07 Å². The highest BCUT2D eigenvalue weighted by Crippen LogP contribution is 2.23. The lowest BCUT2D eigenvalue weighted by Gasteiger charge is -2.35. The van der Waals surface area contributed by atoms with E-state index < -0.39 is 0 Å². The predicted molar refractivity (Wildman–Crippen MR) is 94.4 cm³/mol. The molecule has 24 heavy (non-hydrogen) atoms. The largest absolute Gasteiger partial charge is 0.373 e. The molecule has 0 aliphatic carbocycles. The van der Waals surface area contributed by atoms with Gasteiger partial charge in [0, 0.05) is 30.0 Å². The van der Waals surface area contributed by atoms with Crippen LogP contribution < -0.4 is 5.32 Å². The molecule has 2 aliphatic heterocycles. The van der Waals surface area contributed by atoms with Crippen LogP contribution in [0.1, 0.15) is 34.5 Å². The first-order chi connectivity index (χ1) is 11.6. The summed E-state index contributed by atoms with van der Waals surface area (Å²) in [5.41, 5.74) is 4.09. The van der Waals surface area contributed by atoms with Crippen molar-refractivity contribution in [2.45, 2.75) is 38.8 Å². The van der Waals surface area contributed by atoms with Crippen LogP contribution in [0.15, 0.2) is 18.2 Å². The number of carbonyl (C=O) groups excluding carboxylic acids is 1. The summed E-state index contributed by atoms with van der Waals surface area (Å²) in [6.45, 7) is 7.64. The number of morpholine rings is 1. The molecule has 2 atom stereocenters. The van der Waals surface area contributed by atoms with Crippen LogP contribution in [0.5, 0.6) is 0 Å². The molecule has 2 unspecified atom stereocenters. The van der Waals surface area contributed by atoms with Crippen molar-refractivity contribution in [2.75, 3.05) is 26.2 Å². The maximum Gasteiger partial charge on any atom is 0.267 e. The highest BCUT2D eigenvalue weighted by Gasteiger charge is 2.32. The van der Waals surface area contributed by atoms with Gasteiger partial charge < -0.3 is 15.0 Å². The van der Waals surface area contributed by atoms with E-state index in [1.807, 2.05) is 12.1 Å². The molecular weight excluding hydrogens is 302 g/mol. The molecule has 5 heteroatoms. The Morgan fingerprint density at radius 2 is 2.29 bits per heavy atom. The Morgan fingerprint density at radius 1 is 1.42 bits per heavy atom. The highest BCUT2D eigenvalue weighted by atomic mass is 16.5. The molecule has 3 heterocycles. The van der Waals surface area contributed by atoms with E-state index in [0.717, 1.165) is 24.1 Å². The summed E-state index contributed by atoms with van der Waals surface area (Å²) in [6.07, 6.45) is 2.60. The quantitative estimate of drug-likeness (QED) is 0.910. The van der Waals surface area contributed by atoms with Crippen molar-refractivity contribution < 1.29 is 9.53 Å². The molecular formula is C19H25N3O2. The highest BCUT2D eigenvalue weighted by molar-refractivity contribution is 5.99. The molecule has 1 aromatic heterocycles. The van der Waals surface area contributed by atoms with Gasteiger partial charge in [-0.3, -0.25) is 9.69 Å². The Morgan fingerprint density at radius 3 is 3.17 bits per heavy atom. The summed E-state index contributed by atoms with van der Waals surface area (Å²) in [5.74, 6) is -0.0598. The number of aryl methyl sites for hydroxylation is 2. The second kappa shape index (κ2) is 6.22. The van der Waals surface area contributed by atoms with Gasteiger partial charge in [-0.2, -0.15) is 0 Å². The predicted octanol–water partition coefficient (Wildman–Crippen LogP) is 2.38. The number of nitrogens with zero attached hydrogens (tertiary/aromatic N) is 1. The molecule has 4 rings (SSSR count). The van der Waals surface area contributed by atoms with Gasteiger partial charge in [0.1, 0.15) is 5.69 Å². The van der Waals surface area contributed by atoms with E-state index in [9.17, 15) is 4.79 Å². The van der Waals surface area contributed by atoms with Gasteiger partial charge in [-0.15, -0.1) is 0 Å². The minimum Gasteiger partial charge on any atom is -0.373 e. The van der Waals surface area contributed by atoms with E-state index >= 15 is 0 Å². The molecule has 5 nitrogen and oxygen atoms in total. The third kappa shape index (κ3) is 2.82. The van der Waals surface area contributed by atoms with Gasteiger partial charge in [-0.05, 0) is 56.5 Å². The summed E-state index contributed by atoms with van der Waals surface area (Å²) in [6, 6.07) is 6.66. The molecule has 0 saturated carbocycles. The van der Waals surface area contributed by atoms with Crippen molar-refractivity contribution in [3.05, 3.63) is 35.0 Å². The monoisotopic (exact) mass is 327 g/mol. The third-order valence-corrected chi connectivity index (χ3v) is 5.54. The zero-order valence-electron chi connectivity index (χ0n) is 14.4. The van der Waals surface area contributed by atoms with Crippen molar-refractivity contribution in [3.8, 4) is 0 Å². The smallest absolute Gasteiger partial charge is 0.267 e. The number of carbonyl (C=O) groups is 1. The van der Waals surface area contributed by atoms with Crippen LogP contribution in [0.2, 0.25) is 0 Å². The standard InChI is InChI=1S/C19H25N3O2/c1-12-5-6-17-16(13(12)2)8-18(21-17)19(23)20-9-15-10-22-7-3-4-14(22)11-24-15/h5-6,8,14-15,21H,3-4,7,9-11H2,1-2H3,(H,20,23). The zero-order chi connectivity index (χ0) is 16.7. The van der Waals surface area contributed by atoms with Crippen LogP contribution in [-0.4, -0.2) is 54.2 Å². The number of hydrogen-bond donors (Lipinski definition) is 2. The molecule has 2 aliphatic rings. The van der Waals surface area contributed by atoms with Gasteiger partial charge >= 0.3 is 0 Å². The summed E-state index contributed by atoms with van der Waals surface area (Å²) in [5, 5.41) is 4.14. The molecule has 2 N–H and O–H groups in total. The number of fused-ring (bicyclic) bond motifs is 2. The van der Waals surface area contributed by atoms with E-state index in [1.54, 1.807) is 0 Å². The fourth-order valence-electron chi connectivity index (χ4n) is 3.89. The number of hydrogen-bond acceptors (Lipinski definition) is 3. The molecule has 2 fully saturated rings. The Hall–Kier alpha value is -1.85. The lowest BCUT2D eigenvalue weighted by atomic mass is 10.1. The van der Waals surface area contributed by atoms with Crippen molar-refractivity contribution in [2.24, 2.45) is 0 Å². The van der Waals surface area contributed by atoms with Crippen LogP contribution in [0.4, 0.5) is 0 Å². The Balaban J connectivity index is 1.40. The van der Waals surface area contributed by atoms with E-state index in [1.165, 1.54) is 30.5 Å². The van der Waals surface area contributed by atoms with Crippen LogP contribution in [-0.2, 0) is 4.74 Å². The van der Waals surface area contributed by atoms with Gasteiger partial charge in [-0.25, -0.2) is 0 Å². The van der Waals surface area contributed by atoms with Crippen LogP contribution in [0.25, 0.3) is 10.9 Å². The van der Waals surface area contributed by atoms with Crippen molar-refractivity contribution in [3.63, 3.8) is 0 Å². The van der Waals surface area contributed by atoms with Gasteiger partial charge in [0.05, 0.1) is 12.7 Å². The van der Waals surface area contributed by atoms with Crippen LogP contribution in [0, 0.1) is 13.8 Å². The second-order valence-electron chi connectivity index (χ2n) is 7.11. The van der Waals surface area contributed by atoms with E-state index in [2.05, 4.69) is 35.1 Å². The lowest BCUT2D eigenvalue weighted by molar-refractivity contribution is -0.0462. The number of nitrogens with one attached hydrogen (secondary N) is 2. The Bertz CT molecular complexity index is 767. The summed E-state index contributed by atoms with van der Waals surface area (Å²) in [4.78, 5) is 18.2. The number of ether oxygens (including phenoxy) is 1. The number of benzene rings is 1. The molecule has 0 radical (unpaired) electrons. The number of H-pyrrole nitrogens is 1. The third-order valence-electron chi connectivity index (χ3n) is 5.54. The fraction of sp³-hybridized carbons (Fsp3) is 0.526. The minimum absolute atomic E-state index is 0.0598. The van der Waals surface area contributed by atoms with E-state index in [4.69, 9.17) is 4.74 Å². The van der Waals surface area contributed by atoms with Crippen LogP contribution >= 0.6 is 0 Å². The Labute approximate surface area is 142 Å². The van der Waals surface area contributed by atoms with Crippen molar-refractivity contribution in [1.29, 1.82) is 0 Å². The number of rotatable bonds is 3. The average molecular weight is 327 g/mol. The molecule has 2 aromatic rings.